The third-order valence-corrected chi connectivity index (χ3v) is 7.98. The molecule has 5 nitrogen and oxygen atoms in total. The van der Waals surface area contributed by atoms with Crippen molar-refractivity contribution in [3.05, 3.63) is 140 Å². The summed E-state index contributed by atoms with van der Waals surface area (Å²) in [5.74, 6) is 9.30. The van der Waals surface area contributed by atoms with E-state index in [0.717, 1.165) is 0 Å². The lowest BCUT2D eigenvalue weighted by Crippen LogP contribution is -2.73. The third-order valence-electron chi connectivity index (χ3n) is 7.98. The van der Waals surface area contributed by atoms with Crippen molar-refractivity contribution in [2.24, 2.45) is 0 Å². The molecule has 5 aliphatic heterocycles. The van der Waals surface area contributed by atoms with E-state index >= 15 is 0 Å². The molecule has 172 valence electrons. The Balaban J connectivity index is 1.32. The van der Waals surface area contributed by atoms with Gasteiger partial charge in [-0.3, -0.25) is 0 Å². The van der Waals surface area contributed by atoms with Gasteiger partial charge in [0.05, 0.1) is 11.0 Å². The average Bonchev–Trinajstić information content (AvgIpc) is 3.31. The van der Waals surface area contributed by atoms with Crippen molar-refractivity contribution < 1.29 is 0 Å². The van der Waals surface area contributed by atoms with E-state index in [1.165, 1.54) is 27.5 Å². The standard InChI is InChI=1S/C28H23B4N5/c1-3-13-27-25(11-1)26-12-2-4-14-28(26)37(27)24-15-22-36-31-18-6-9-20-34(31)29-16-5-8-19-33(29)30-17-7-10-21-35(30)32(36)23-24/h1-23H. The van der Waals surface area contributed by atoms with Crippen molar-refractivity contribution in [1.29, 1.82) is 0 Å². The van der Waals surface area contributed by atoms with Crippen molar-refractivity contribution in [2.45, 2.75) is 0 Å². The quantitative estimate of drug-likeness (QED) is 0.476. The van der Waals surface area contributed by atoms with Crippen molar-refractivity contribution in [3.63, 3.8) is 0 Å². The fraction of sp³-hybridized carbons (Fsp3) is 0. The molecule has 1 aromatic heterocycles. The van der Waals surface area contributed by atoms with Crippen LogP contribution in [0.4, 0.5) is 0 Å². The number of nitrogens with zero attached hydrogens (tertiary/aromatic N) is 5. The van der Waals surface area contributed by atoms with Crippen LogP contribution in [0.2, 0.25) is 0 Å². The maximum absolute atomic E-state index is 2.47. The molecule has 1 saturated heterocycles. The Kier molecular flexibility index (Phi) is 4.53. The van der Waals surface area contributed by atoms with Gasteiger partial charge in [-0.1, -0.05) is 72.6 Å². The van der Waals surface area contributed by atoms with Gasteiger partial charge in [0, 0.05) is 16.5 Å². The summed E-state index contributed by atoms with van der Waals surface area (Å²) >= 11 is 0. The van der Waals surface area contributed by atoms with Gasteiger partial charge in [-0.2, -0.15) is 0 Å². The summed E-state index contributed by atoms with van der Waals surface area (Å²) < 4.78 is 12.2. The van der Waals surface area contributed by atoms with E-state index in [9.17, 15) is 0 Å². The molecule has 0 saturated carbocycles. The minimum atomic E-state index is 0.0232. The largest absolute Gasteiger partial charge is 0.423 e. The number of hydrogen-bond donors (Lipinski definition) is 0. The van der Waals surface area contributed by atoms with Gasteiger partial charge in [-0.25, -0.2) is 0 Å². The van der Waals surface area contributed by atoms with Crippen molar-refractivity contribution >= 4 is 55.4 Å². The Hall–Kier alpha value is -4.38. The van der Waals surface area contributed by atoms with Crippen LogP contribution in [0.5, 0.6) is 0 Å². The molecule has 8 rings (SSSR count). The summed E-state index contributed by atoms with van der Waals surface area (Å²) in [6.45, 7) is 0.323. The topological polar surface area (TPSA) is 17.9 Å². The molecule has 9 heteroatoms. The molecule has 6 heterocycles. The van der Waals surface area contributed by atoms with E-state index in [0.29, 0.717) is 0 Å². The Morgan fingerprint density at radius 3 is 1.46 bits per heavy atom. The Morgan fingerprint density at radius 2 is 0.919 bits per heavy atom. The van der Waals surface area contributed by atoms with Gasteiger partial charge in [-0.15, -0.1) is 0 Å². The molecule has 0 atom stereocenters. The fourth-order valence-electron chi connectivity index (χ4n) is 6.37. The molecule has 0 spiro atoms. The number of fused-ring (bicyclic) bond motifs is 11. The Bertz CT molecular complexity index is 1580. The number of aromatic nitrogens is 1. The van der Waals surface area contributed by atoms with E-state index < -0.39 is 0 Å². The third kappa shape index (κ3) is 3.03. The number of allylic oxidation sites excluding steroid dienone is 8. The summed E-state index contributed by atoms with van der Waals surface area (Å²) in [6, 6.07) is 17.4. The SMILES string of the molecule is C1=CB2N(C=C1)B1C=CC=CN1B1C=C(n3c4ccccc4c4ccccc43)C=CN1B1C=CC=CN21. The minimum Gasteiger partial charge on any atom is -0.423 e. The van der Waals surface area contributed by atoms with Crippen LogP contribution in [0.15, 0.2) is 140 Å². The molecule has 0 radical (unpaired) electrons. The molecular formula is C28H23B4N5. The molecule has 37 heavy (non-hydrogen) atoms. The van der Waals surface area contributed by atoms with E-state index in [1.54, 1.807) is 0 Å². The van der Waals surface area contributed by atoms with Crippen LogP contribution < -0.4 is 0 Å². The van der Waals surface area contributed by atoms with Crippen molar-refractivity contribution in [3.8, 4) is 0 Å². The number of hydrogen-bond acceptors (Lipinski definition) is 4. The maximum Gasteiger partial charge on any atom is 0.382 e. The van der Waals surface area contributed by atoms with Gasteiger partial charge >= 0.3 is 27.9 Å². The first kappa shape index (κ1) is 20.8. The maximum atomic E-state index is 2.47. The fourth-order valence-corrected chi connectivity index (χ4v) is 6.37. The Morgan fingerprint density at radius 1 is 0.459 bits per heavy atom. The van der Waals surface area contributed by atoms with Crippen LogP contribution in [-0.4, -0.2) is 51.4 Å². The number of rotatable bonds is 1. The molecule has 0 unspecified atom stereocenters. The summed E-state index contributed by atoms with van der Waals surface area (Å²) in [5.41, 5.74) is 3.65. The summed E-state index contributed by atoms with van der Waals surface area (Å²) in [4.78, 5) is 0. The van der Waals surface area contributed by atoms with Crippen molar-refractivity contribution in [1.82, 2.24) is 23.5 Å². The molecule has 0 N–H and O–H groups in total. The molecule has 5 aliphatic rings. The molecule has 2 aromatic carbocycles. The minimum absolute atomic E-state index is 0.0232. The monoisotopic (exact) mass is 473 g/mol. The second-order valence-electron chi connectivity index (χ2n) is 9.90. The molecule has 0 bridgehead atoms. The highest BCUT2D eigenvalue weighted by Gasteiger charge is 2.49. The second-order valence-corrected chi connectivity index (χ2v) is 9.90. The zero-order valence-electron chi connectivity index (χ0n) is 20.3. The lowest BCUT2D eigenvalue weighted by molar-refractivity contribution is 0.622. The van der Waals surface area contributed by atoms with Gasteiger partial charge in [0.1, 0.15) is 0 Å². The second kappa shape index (κ2) is 8.07. The highest BCUT2D eigenvalue weighted by molar-refractivity contribution is 6.92. The van der Waals surface area contributed by atoms with Gasteiger partial charge in [0.15, 0.2) is 0 Å². The zero-order valence-corrected chi connectivity index (χ0v) is 20.3. The van der Waals surface area contributed by atoms with E-state index in [4.69, 9.17) is 0 Å². The van der Waals surface area contributed by atoms with Crippen LogP contribution in [0.25, 0.3) is 27.5 Å². The van der Waals surface area contributed by atoms with E-state index in [1.807, 2.05) is 0 Å². The summed E-state index contributed by atoms with van der Waals surface area (Å²) in [7, 11) is 0. The van der Waals surface area contributed by atoms with Gasteiger partial charge < -0.3 is 23.5 Å². The van der Waals surface area contributed by atoms with Crippen LogP contribution in [-0.2, 0) is 0 Å². The van der Waals surface area contributed by atoms with Crippen molar-refractivity contribution in [2.75, 3.05) is 0 Å². The normalized spacial score (nSPS) is 19.4. The first-order chi connectivity index (χ1) is 18.4. The van der Waals surface area contributed by atoms with Gasteiger partial charge in [0.25, 0.3) is 0 Å². The first-order valence-corrected chi connectivity index (χ1v) is 12.9. The highest BCUT2D eigenvalue weighted by Crippen LogP contribution is 2.35. The van der Waals surface area contributed by atoms with Gasteiger partial charge in [0.2, 0.25) is 0 Å². The lowest BCUT2D eigenvalue weighted by Gasteiger charge is -2.53. The van der Waals surface area contributed by atoms with Crippen LogP contribution in [0.3, 0.4) is 0 Å². The first-order valence-electron chi connectivity index (χ1n) is 12.9. The number of para-hydroxylation sites is 2. The average molecular weight is 473 g/mol. The van der Waals surface area contributed by atoms with Crippen LogP contribution >= 0.6 is 0 Å². The molecule has 3 aromatic rings. The van der Waals surface area contributed by atoms with Crippen LogP contribution in [0.1, 0.15) is 0 Å². The molecule has 0 aliphatic carbocycles. The van der Waals surface area contributed by atoms with Gasteiger partial charge in [-0.05, 0) is 67.2 Å². The van der Waals surface area contributed by atoms with Crippen LogP contribution in [0, 0.1) is 0 Å². The van der Waals surface area contributed by atoms with E-state index in [-0.39, 0.29) is 27.9 Å². The lowest BCUT2D eigenvalue weighted by atomic mass is 9.42. The molecule has 1 fully saturated rings. The summed E-state index contributed by atoms with van der Waals surface area (Å²) in [6.07, 6.45) is 24.1. The van der Waals surface area contributed by atoms with E-state index in [2.05, 4.69) is 163 Å². The predicted octanol–water partition coefficient (Wildman–Crippen LogP) is 4.74. The molecule has 0 amide bonds. The Labute approximate surface area is 218 Å². The predicted molar refractivity (Wildman–Crippen MR) is 158 cm³/mol. The molecular weight excluding hydrogens is 450 g/mol. The smallest absolute Gasteiger partial charge is 0.382 e. The highest BCUT2D eigenvalue weighted by atomic mass is 15.3. The summed E-state index contributed by atoms with van der Waals surface area (Å²) in [5, 5.41) is 2.57. The zero-order chi connectivity index (χ0) is 24.3. The number of benzene rings is 2.